The second-order valence-electron chi connectivity index (χ2n) is 3.60. The topological polar surface area (TPSA) is 31.2 Å². The molecule has 0 fully saturated rings. The fourth-order valence-electron chi connectivity index (χ4n) is 1.78. The number of carbonyl (C=O) groups excluding carboxylic acids is 1. The Morgan fingerprint density at radius 1 is 1.44 bits per heavy atom. The molecule has 2 aromatic rings. The molecule has 0 amide bonds. The monoisotopic (exact) mass is 237 g/mol. The van der Waals surface area contributed by atoms with Crippen LogP contribution in [-0.4, -0.2) is 17.6 Å². The van der Waals surface area contributed by atoms with Crippen molar-refractivity contribution < 1.29 is 9.53 Å². The molecular weight excluding hydrogens is 226 g/mol. The Balaban J connectivity index is 2.57. The first-order valence-corrected chi connectivity index (χ1v) is 5.36. The molecule has 1 heterocycles. The van der Waals surface area contributed by atoms with E-state index in [4.69, 9.17) is 16.3 Å². The van der Waals surface area contributed by atoms with Gasteiger partial charge in [-0.3, -0.25) is 0 Å². The molecule has 0 bridgehead atoms. The van der Waals surface area contributed by atoms with Gasteiger partial charge in [-0.15, -0.1) is 0 Å². The van der Waals surface area contributed by atoms with Gasteiger partial charge in [-0.1, -0.05) is 23.7 Å². The van der Waals surface area contributed by atoms with Crippen LogP contribution in [0, 0.1) is 0 Å². The van der Waals surface area contributed by atoms with Gasteiger partial charge >= 0.3 is 5.97 Å². The van der Waals surface area contributed by atoms with Crippen molar-refractivity contribution >= 4 is 28.5 Å². The maximum Gasteiger partial charge on any atom is 0.328 e. The van der Waals surface area contributed by atoms with Crippen molar-refractivity contribution in [3.05, 3.63) is 35.5 Å². The Labute approximate surface area is 98.6 Å². The highest BCUT2D eigenvalue weighted by molar-refractivity contribution is 6.35. The van der Waals surface area contributed by atoms with Crippen molar-refractivity contribution in [2.24, 2.45) is 0 Å². The van der Waals surface area contributed by atoms with Crippen LogP contribution < -0.4 is 0 Å². The van der Waals surface area contributed by atoms with Crippen molar-refractivity contribution in [3.63, 3.8) is 0 Å². The number of hydrogen-bond donors (Lipinski definition) is 0. The highest BCUT2D eigenvalue weighted by Crippen LogP contribution is 2.27. The fraction of sp³-hybridized carbons (Fsp3) is 0.250. The molecule has 2 rings (SSSR count). The first-order chi connectivity index (χ1) is 7.65. The molecule has 0 radical (unpaired) electrons. The normalized spacial score (nSPS) is 12.7. The smallest absolute Gasteiger partial charge is 0.328 e. The molecular formula is C12H12ClNO2. The molecule has 16 heavy (non-hydrogen) atoms. The van der Waals surface area contributed by atoms with Gasteiger partial charge in [0.25, 0.3) is 0 Å². The summed E-state index contributed by atoms with van der Waals surface area (Å²) in [6, 6.07) is 7.22. The molecule has 0 N–H and O–H groups in total. The molecule has 4 heteroatoms. The molecule has 0 saturated heterocycles. The zero-order valence-electron chi connectivity index (χ0n) is 9.11. The molecule has 84 valence electrons. The third-order valence-electron chi connectivity index (χ3n) is 2.65. The molecule has 1 atom stereocenters. The van der Waals surface area contributed by atoms with Gasteiger partial charge in [0.2, 0.25) is 0 Å². The minimum absolute atomic E-state index is 0.280. The minimum Gasteiger partial charge on any atom is -0.467 e. The number of fused-ring (bicyclic) bond motifs is 1. The van der Waals surface area contributed by atoms with E-state index >= 15 is 0 Å². The van der Waals surface area contributed by atoms with Gasteiger partial charge in [-0.2, -0.15) is 0 Å². The molecule has 0 spiro atoms. The predicted octanol–water partition coefficient (Wildman–Crippen LogP) is 3.03. The van der Waals surface area contributed by atoms with Gasteiger partial charge in [-0.05, 0) is 19.1 Å². The van der Waals surface area contributed by atoms with Crippen molar-refractivity contribution in [3.8, 4) is 0 Å². The third-order valence-corrected chi connectivity index (χ3v) is 2.96. The van der Waals surface area contributed by atoms with Crippen LogP contribution in [0.5, 0.6) is 0 Å². The predicted molar refractivity (Wildman–Crippen MR) is 63.7 cm³/mol. The van der Waals surface area contributed by atoms with Gasteiger partial charge in [0.05, 0.1) is 17.6 Å². The Morgan fingerprint density at radius 3 is 2.88 bits per heavy atom. The van der Waals surface area contributed by atoms with E-state index in [1.165, 1.54) is 7.11 Å². The molecule has 0 aliphatic rings. The summed E-state index contributed by atoms with van der Waals surface area (Å²) in [6.45, 7) is 1.79. The number of benzene rings is 1. The van der Waals surface area contributed by atoms with E-state index in [9.17, 15) is 4.79 Å². The summed E-state index contributed by atoms with van der Waals surface area (Å²) in [5, 5.41) is 1.65. The molecule has 1 aromatic heterocycles. The van der Waals surface area contributed by atoms with Gasteiger partial charge < -0.3 is 9.30 Å². The lowest BCUT2D eigenvalue weighted by Crippen LogP contribution is -2.16. The zero-order chi connectivity index (χ0) is 11.7. The number of hydrogen-bond acceptors (Lipinski definition) is 2. The zero-order valence-corrected chi connectivity index (χ0v) is 9.86. The summed E-state index contributed by atoms with van der Waals surface area (Å²) in [5.41, 5.74) is 0.863. The van der Waals surface area contributed by atoms with Gasteiger partial charge in [0, 0.05) is 11.6 Å². The average molecular weight is 238 g/mol. The SMILES string of the molecule is COC(=O)[C@@H](C)n1ccc2cccc(Cl)c21. The minimum atomic E-state index is -0.373. The quantitative estimate of drug-likeness (QED) is 0.752. The second kappa shape index (κ2) is 4.18. The lowest BCUT2D eigenvalue weighted by molar-refractivity contribution is -0.143. The van der Waals surface area contributed by atoms with E-state index in [2.05, 4.69) is 0 Å². The number of aromatic nitrogens is 1. The van der Waals surface area contributed by atoms with Crippen LogP contribution in [0.3, 0.4) is 0 Å². The summed E-state index contributed by atoms with van der Waals surface area (Å²) in [4.78, 5) is 11.5. The van der Waals surface area contributed by atoms with Crippen molar-refractivity contribution in [2.45, 2.75) is 13.0 Å². The van der Waals surface area contributed by atoms with Gasteiger partial charge in [0.1, 0.15) is 6.04 Å². The van der Waals surface area contributed by atoms with Gasteiger partial charge in [0.15, 0.2) is 0 Å². The Morgan fingerprint density at radius 2 is 2.19 bits per heavy atom. The number of halogens is 1. The largest absolute Gasteiger partial charge is 0.467 e. The fourth-order valence-corrected chi connectivity index (χ4v) is 2.06. The standard InChI is InChI=1S/C12H12ClNO2/c1-8(12(15)16-2)14-7-6-9-4-3-5-10(13)11(9)14/h3-8H,1-2H3/t8-/m1/s1. The first kappa shape index (κ1) is 11.0. The van der Waals surface area contributed by atoms with E-state index in [1.54, 1.807) is 6.92 Å². The highest BCUT2D eigenvalue weighted by Gasteiger charge is 2.17. The third kappa shape index (κ3) is 1.67. The number of methoxy groups -OCH3 is 1. The van der Waals surface area contributed by atoms with Crippen LogP contribution in [0.2, 0.25) is 5.02 Å². The summed E-state index contributed by atoms with van der Waals surface area (Å²) < 4.78 is 6.54. The van der Waals surface area contributed by atoms with E-state index in [0.717, 1.165) is 10.9 Å². The van der Waals surface area contributed by atoms with E-state index in [-0.39, 0.29) is 12.0 Å². The van der Waals surface area contributed by atoms with Crippen molar-refractivity contribution in [2.75, 3.05) is 7.11 Å². The Kier molecular flexibility index (Phi) is 2.88. The van der Waals surface area contributed by atoms with Crippen LogP contribution in [0.1, 0.15) is 13.0 Å². The van der Waals surface area contributed by atoms with Crippen molar-refractivity contribution in [1.82, 2.24) is 4.57 Å². The van der Waals surface area contributed by atoms with Crippen molar-refractivity contribution in [1.29, 1.82) is 0 Å². The second-order valence-corrected chi connectivity index (χ2v) is 4.01. The number of carbonyl (C=O) groups is 1. The molecule has 0 unspecified atom stereocenters. The molecule has 1 aromatic carbocycles. The maximum atomic E-state index is 11.5. The number of rotatable bonds is 2. The lowest BCUT2D eigenvalue weighted by Gasteiger charge is -2.13. The summed E-state index contributed by atoms with van der Waals surface area (Å²) >= 11 is 6.12. The average Bonchev–Trinajstić information content (AvgIpc) is 2.72. The highest BCUT2D eigenvalue weighted by atomic mass is 35.5. The summed E-state index contributed by atoms with van der Waals surface area (Å²) in [6.07, 6.45) is 1.85. The van der Waals surface area contributed by atoms with Crippen LogP contribution in [0.25, 0.3) is 10.9 Å². The van der Waals surface area contributed by atoms with E-state index in [1.807, 2.05) is 35.0 Å². The number of ether oxygens (including phenoxy) is 1. The number of esters is 1. The van der Waals surface area contributed by atoms with Crippen LogP contribution >= 0.6 is 11.6 Å². The number of para-hydroxylation sites is 1. The van der Waals surface area contributed by atoms with E-state index in [0.29, 0.717) is 5.02 Å². The van der Waals surface area contributed by atoms with Gasteiger partial charge in [-0.25, -0.2) is 4.79 Å². The van der Waals surface area contributed by atoms with Crippen LogP contribution in [-0.2, 0) is 9.53 Å². The molecule has 0 aliphatic heterocycles. The van der Waals surface area contributed by atoms with E-state index < -0.39 is 0 Å². The maximum absolute atomic E-state index is 11.5. The number of nitrogens with zero attached hydrogens (tertiary/aromatic N) is 1. The molecule has 0 aliphatic carbocycles. The van der Waals surface area contributed by atoms with Crippen LogP contribution in [0.4, 0.5) is 0 Å². The Hall–Kier alpha value is -1.48. The molecule has 0 saturated carbocycles. The summed E-state index contributed by atoms with van der Waals surface area (Å²) in [7, 11) is 1.38. The summed E-state index contributed by atoms with van der Waals surface area (Å²) in [5.74, 6) is -0.280. The Bertz CT molecular complexity index is 533. The lowest BCUT2D eigenvalue weighted by atomic mass is 10.2. The molecule has 3 nitrogen and oxygen atoms in total. The first-order valence-electron chi connectivity index (χ1n) is 4.98. The van der Waals surface area contributed by atoms with Crippen LogP contribution in [0.15, 0.2) is 30.5 Å².